The molecule has 5 heteroatoms. The van der Waals surface area contributed by atoms with E-state index in [1.165, 1.54) is 13.1 Å². The molecule has 0 aliphatic heterocycles. The highest BCUT2D eigenvalue weighted by atomic mass is 19.3. The van der Waals surface area contributed by atoms with E-state index in [-0.39, 0.29) is 0 Å². The van der Waals surface area contributed by atoms with Crippen molar-refractivity contribution in [1.82, 2.24) is 9.38 Å². The van der Waals surface area contributed by atoms with E-state index in [2.05, 4.69) is 4.98 Å². The maximum Gasteiger partial charge on any atom is 0.261 e. The van der Waals surface area contributed by atoms with Crippen LogP contribution in [0.5, 0.6) is 0 Å². The van der Waals surface area contributed by atoms with Gasteiger partial charge in [0.05, 0.1) is 11.9 Å². The van der Waals surface area contributed by atoms with Gasteiger partial charge in [-0.25, -0.2) is 13.8 Å². The largest absolute Gasteiger partial charge is 0.316 e. The van der Waals surface area contributed by atoms with E-state index >= 15 is 0 Å². The average Bonchev–Trinajstić information content (AvgIpc) is 2.61. The minimum atomic E-state index is -2.63. The standard InChI is InChI=1S/C10H11F2N3/c1-10(13,9(11)12)7-6-14-8-4-2-3-5-15(7)8/h2-6,9H,13H2,1H3. The predicted molar refractivity (Wildman–Crippen MR) is 52.7 cm³/mol. The van der Waals surface area contributed by atoms with Gasteiger partial charge in [0.2, 0.25) is 0 Å². The number of halogens is 2. The van der Waals surface area contributed by atoms with Crippen LogP contribution in [0, 0.1) is 0 Å². The third kappa shape index (κ3) is 1.48. The SMILES string of the molecule is CC(N)(c1cnc2ccccn12)C(F)F. The van der Waals surface area contributed by atoms with E-state index in [4.69, 9.17) is 5.73 Å². The van der Waals surface area contributed by atoms with Crippen molar-refractivity contribution in [3.05, 3.63) is 36.3 Å². The molecule has 3 nitrogen and oxygen atoms in total. The van der Waals surface area contributed by atoms with Gasteiger partial charge in [0.15, 0.2) is 0 Å². The van der Waals surface area contributed by atoms with Crippen LogP contribution in [-0.4, -0.2) is 15.8 Å². The first kappa shape index (κ1) is 10.0. The Morgan fingerprint density at radius 2 is 2.20 bits per heavy atom. The summed E-state index contributed by atoms with van der Waals surface area (Å²) in [5.74, 6) is 0. The van der Waals surface area contributed by atoms with E-state index < -0.39 is 12.0 Å². The Morgan fingerprint density at radius 3 is 2.87 bits per heavy atom. The number of nitrogens with two attached hydrogens (primary N) is 1. The molecule has 2 rings (SSSR count). The first-order chi connectivity index (χ1) is 7.03. The van der Waals surface area contributed by atoms with Gasteiger partial charge >= 0.3 is 0 Å². The highest BCUT2D eigenvalue weighted by molar-refractivity contribution is 5.41. The smallest absolute Gasteiger partial charge is 0.261 e. The van der Waals surface area contributed by atoms with Crippen molar-refractivity contribution in [3.8, 4) is 0 Å². The van der Waals surface area contributed by atoms with Gasteiger partial charge < -0.3 is 10.1 Å². The number of alkyl halides is 2. The van der Waals surface area contributed by atoms with E-state index in [1.807, 2.05) is 0 Å². The molecule has 2 heterocycles. The van der Waals surface area contributed by atoms with Crippen molar-refractivity contribution in [2.75, 3.05) is 0 Å². The molecule has 0 saturated heterocycles. The molecule has 0 bridgehead atoms. The number of rotatable bonds is 2. The quantitative estimate of drug-likeness (QED) is 0.822. The fraction of sp³-hybridized carbons (Fsp3) is 0.300. The molecule has 0 aliphatic rings. The molecule has 2 aromatic heterocycles. The van der Waals surface area contributed by atoms with Crippen molar-refractivity contribution in [2.45, 2.75) is 18.9 Å². The average molecular weight is 211 g/mol. The third-order valence-electron chi connectivity index (χ3n) is 2.42. The molecular weight excluding hydrogens is 200 g/mol. The number of hydrogen-bond donors (Lipinski definition) is 1. The molecule has 1 unspecified atom stereocenters. The molecule has 2 N–H and O–H groups in total. The molecule has 80 valence electrons. The monoisotopic (exact) mass is 211 g/mol. The van der Waals surface area contributed by atoms with Crippen LogP contribution in [0.25, 0.3) is 5.65 Å². The summed E-state index contributed by atoms with van der Waals surface area (Å²) in [5, 5.41) is 0. The molecule has 2 aromatic rings. The van der Waals surface area contributed by atoms with E-state index in [9.17, 15) is 8.78 Å². The Labute approximate surface area is 85.5 Å². The first-order valence-corrected chi connectivity index (χ1v) is 4.53. The van der Waals surface area contributed by atoms with Crippen LogP contribution in [-0.2, 0) is 5.54 Å². The second-order valence-electron chi connectivity index (χ2n) is 3.66. The van der Waals surface area contributed by atoms with Crippen LogP contribution in [0.1, 0.15) is 12.6 Å². The predicted octanol–water partition coefficient (Wildman–Crippen LogP) is 1.77. The number of hydrogen-bond acceptors (Lipinski definition) is 2. The summed E-state index contributed by atoms with van der Waals surface area (Å²) in [4.78, 5) is 4.02. The van der Waals surface area contributed by atoms with Gasteiger partial charge in [-0.05, 0) is 19.1 Å². The molecule has 0 fully saturated rings. The lowest BCUT2D eigenvalue weighted by molar-refractivity contribution is 0.0597. The summed E-state index contributed by atoms with van der Waals surface area (Å²) in [6.07, 6.45) is 0.435. The van der Waals surface area contributed by atoms with Gasteiger partial charge in [0, 0.05) is 6.20 Å². The number of fused-ring (bicyclic) bond motifs is 1. The van der Waals surface area contributed by atoms with E-state index in [0.717, 1.165) is 0 Å². The van der Waals surface area contributed by atoms with Gasteiger partial charge in [0.25, 0.3) is 6.43 Å². The normalized spacial score (nSPS) is 15.8. The second-order valence-corrected chi connectivity index (χ2v) is 3.66. The van der Waals surface area contributed by atoms with Crippen LogP contribution in [0.15, 0.2) is 30.6 Å². The Balaban J connectivity index is 2.62. The molecule has 0 amide bonds. The summed E-state index contributed by atoms with van der Waals surface area (Å²) in [5.41, 5.74) is 4.83. The summed E-state index contributed by atoms with van der Waals surface area (Å²) >= 11 is 0. The van der Waals surface area contributed by atoms with Crippen molar-refractivity contribution in [3.63, 3.8) is 0 Å². The molecular formula is C10H11F2N3. The minimum Gasteiger partial charge on any atom is -0.316 e. The van der Waals surface area contributed by atoms with E-state index in [0.29, 0.717) is 11.3 Å². The Morgan fingerprint density at radius 1 is 1.47 bits per heavy atom. The molecule has 0 aromatic carbocycles. The van der Waals surface area contributed by atoms with Gasteiger partial charge in [-0.3, -0.25) is 0 Å². The number of nitrogens with zero attached hydrogens (tertiary/aromatic N) is 2. The van der Waals surface area contributed by atoms with Crippen LogP contribution in [0.2, 0.25) is 0 Å². The molecule has 0 saturated carbocycles. The Kier molecular flexibility index (Phi) is 2.19. The van der Waals surface area contributed by atoms with Crippen molar-refractivity contribution < 1.29 is 8.78 Å². The lowest BCUT2D eigenvalue weighted by Gasteiger charge is -2.22. The maximum atomic E-state index is 12.7. The highest BCUT2D eigenvalue weighted by Crippen LogP contribution is 2.25. The molecule has 0 aliphatic carbocycles. The van der Waals surface area contributed by atoms with E-state index in [1.54, 1.807) is 28.8 Å². The summed E-state index contributed by atoms with van der Waals surface area (Å²) < 4.78 is 27.1. The van der Waals surface area contributed by atoms with Gasteiger partial charge in [-0.2, -0.15) is 0 Å². The van der Waals surface area contributed by atoms with Crippen molar-refractivity contribution >= 4 is 5.65 Å². The zero-order valence-electron chi connectivity index (χ0n) is 8.19. The summed E-state index contributed by atoms with van der Waals surface area (Å²) in [6, 6.07) is 5.28. The summed E-state index contributed by atoms with van der Waals surface area (Å²) in [6.45, 7) is 1.30. The highest BCUT2D eigenvalue weighted by Gasteiger charge is 2.35. The number of pyridine rings is 1. The number of aromatic nitrogens is 2. The topological polar surface area (TPSA) is 43.3 Å². The lowest BCUT2D eigenvalue weighted by atomic mass is 10.0. The van der Waals surface area contributed by atoms with Crippen LogP contribution < -0.4 is 5.73 Å². The maximum absolute atomic E-state index is 12.7. The zero-order valence-corrected chi connectivity index (χ0v) is 8.19. The van der Waals surface area contributed by atoms with Crippen molar-refractivity contribution in [1.29, 1.82) is 0 Å². The Hall–Kier alpha value is -1.49. The molecule has 1 atom stereocenters. The van der Waals surface area contributed by atoms with Crippen LogP contribution in [0.4, 0.5) is 8.78 Å². The van der Waals surface area contributed by atoms with Gasteiger partial charge in [-0.15, -0.1) is 0 Å². The first-order valence-electron chi connectivity index (χ1n) is 4.53. The molecule has 0 spiro atoms. The van der Waals surface area contributed by atoms with Gasteiger partial charge in [0.1, 0.15) is 11.2 Å². The van der Waals surface area contributed by atoms with Crippen LogP contribution in [0.3, 0.4) is 0 Å². The van der Waals surface area contributed by atoms with Crippen LogP contribution >= 0.6 is 0 Å². The zero-order chi connectivity index (χ0) is 11.1. The fourth-order valence-corrected chi connectivity index (χ4v) is 1.44. The molecule has 0 radical (unpaired) electrons. The number of imidazole rings is 1. The van der Waals surface area contributed by atoms with Crippen molar-refractivity contribution in [2.24, 2.45) is 5.73 Å². The molecule has 15 heavy (non-hydrogen) atoms. The Bertz CT molecular complexity index is 476. The van der Waals surface area contributed by atoms with Gasteiger partial charge in [-0.1, -0.05) is 6.07 Å². The third-order valence-corrected chi connectivity index (χ3v) is 2.42. The minimum absolute atomic E-state index is 0.313. The second kappa shape index (κ2) is 3.27. The lowest BCUT2D eigenvalue weighted by Crippen LogP contribution is -2.41. The fourth-order valence-electron chi connectivity index (χ4n) is 1.44. The summed E-state index contributed by atoms with van der Waals surface area (Å²) in [7, 11) is 0.